The van der Waals surface area contributed by atoms with Gasteiger partial charge in [0.1, 0.15) is 0 Å². The van der Waals surface area contributed by atoms with Crippen LogP contribution in [0.5, 0.6) is 0 Å². The van der Waals surface area contributed by atoms with Crippen molar-refractivity contribution in [2.75, 3.05) is 13.1 Å². The number of nitrogens with zero attached hydrogens (tertiary/aromatic N) is 1. The topological polar surface area (TPSA) is 29.3 Å². The van der Waals surface area contributed by atoms with Crippen LogP contribution in [-0.2, 0) is 0 Å². The maximum atomic E-state index is 6.46. The van der Waals surface area contributed by atoms with E-state index in [0.29, 0.717) is 12.0 Å². The normalized spacial score (nSPS) is 28.2. The van der Waals surface area contributed by atoms with Gasteiger partial charge in [-0.2, -0.15) is 0 Å². The van der Waals surface area contributed by atoms with Gasteiger partial charge in [-0.25, -0.2) is 0 Å². The van der Waals surface area contributed by atoms with Gasteiger partial charge in [0.15, 0.2) is 0 Å². The highest BCUT2D eigenvalue weighted by Gasteiger charge is 2.33. The summed E-state index contributed by atoms with van der Waals surface area (Å²) in [5, 5.41) is 0. The lowest BCUT2D eigenvalue weighted by atomic mass is 9.77. The second-order valence-corrected chi connectivity index (χ2v) is 5.08. The molecule has 3 unspecified atom stereocenters. The predicted octanol–water partition coefficient (Wildman–Crippen LogP) is 2.90. The molecule has 2 heteroatoms. The van der Waals surface area contributed by atoms with Crippen LogP contribution in [0.1, 0.15) is 50.3 Å². The van der Waals surface area contributed by atoms with Crippen LogP contribution in [0.25, 0.3) is 0 Å². The Morgan fingerprint density at radius 2 is 1.76 bits per heavy atom. The van der Waals surface area contributed by atoms with Gasteiger partial charge in [-0.05, 0) is 36.6 Å². The van der Waals surface area contributed by atoms with Crippen LogP contribution in [-0.4, -0.2) is 24.0 Å². The first-order valence-electron chi connectivity index (χ1n) is 6.77. The second kappa shape index (κ2) is 5.19. The third kappa shape index (κ3) is 2.24. The van der Waals surface area contributed by atoms with E-state index in [1.165, 1.54) is 17.5 Å². The van der Waals surface area contributed by atoms with E-state index in [2.05, 4.69) is 49.9 Å². The molecule has 1 aliphatic carbocycles. The van der Waals surface area contributed by atoms with E-state index in [-0.39, 0.29) is 6.04 Å². The van der Waals surface area contributed by atoms with Gasteiger partial charge in [-0.3, -0.25) is 4.90 Å². The minimum atomic E-state index is 0.169. The molecule has 0 aromatic heterocycles. The lowest BCUT2D eigenvalue weighted by molar-refractivity contribution is 0.162. The van der Waals surface area contributed by atoms with Crippen molar-refractivity contribution in [1.29, 1.82) is 0 Å². The lowest BCUT2D eigenvalue weighted by Crippen LogP contribution is -2.45. The average Bonchev–Trinajstić information content (AvgIpc) is 2.37. The summed E-state index contributed by atoms with van der Waals surface area (Å²) >= 11 is 0. The molecule has 94 valence electrons. The number of benzene rings is 1. The molecule has 0 fully saturated rings. The van der Waals surface area contributed by atoms with Crippen molar-refractivity contribution in [3.63, 3.8) is 0 Å². The Morgan fingerprint density at radius 3 is 2.35 bits per heavy atom. The van der Waals surface area contributed by atoms with E-state index in [4.69, 9.17) is 5.73 Å². The standard InChI is InChI=1S/C15H24N2/c1-4-17(5-2)14-10-11(3)12-8-6-7-9-13(12)15(14)16/h6-9,11,14-15H,4-5,10,16H2,1-3H3. The van der Waals surface area contributed by atoms with E-state index in [0.717, 1.165) is 13.1 Å². The largest absolute Gasteiger partial charge is 0.323 e. The molecule has 1 aliphatic rings. The van der Waals surface area contributed by atoms with Gasteiger partial charge < -0.3 is 5.73 Å². The summed E-state index contributed by atoms with van der Waals surface area (Å²) in [6.07, 6.45) is 1.18. The van der Waals surface area contributed by atoms with Crippen molar-refractivity contribution in [1.82, 2.24) is 4.90 Å². The molecule has 0 heterocycles. The first-order chi connectivity index (χ1) is 8.19. The predicted molar refractivity (Wildman–Crippen MR) is 73.1 cm³/mol. The molecule has 3 atom stereocenters. The van der Waals surface area contributed by atoms with Crippen LogP contribution in [0, 0.1) is 0 Å². The molecule has 0 amide bonds. The zero-order valence-electron chi connectivity index (χ0n) is 11.2. The zero-order chi connectivity index (χ0) is 12.4. The second-order valence-electron chi connectivity index (χ2n) is 5.08. The van der Waals surface area contributed by atoms with Crippen LogP contribution in [0.2, 0.25) is 0 Å². The van der Waals surface area contributed by atoms with Crippen LogP contribution < -0.4 is 5.73 Å². The number of hydrogen-bond acceptors (Lipinski definition) is 2. The van der Waals surface area contributed by atoms with Gasteiger partial charge in [0, 0.05) is 12.1 Å². The van der Waals surface area contributed by atoms with Gasteiger partial charge in [0.25, 0.3) is 0 Å². The number of nitrogens with two attached hydrogens (primary N) is 1. The summed E-state index contributed by atoms with van der Waals surface area (Å²) < 4.78 is 0. The maximum absolute atomic E-state index is 6.46. The monoisotopic (exact) mass is 232 g/mol. The fraction of sp³-hybridized carbons (Fsp3) is 0.600. The van der Waals surface area contributed by atoms with Gasteiger partial charge in [0.05, 0.1) is 0 Å². The summed E-state index contributed by atoms with van der Waals surface area (Å²) in [4.78, 5) is 2.50. The average molecular weight is 232 g/mol. The fourth-order valence-corrected chi connectivity index (χ4v) is 3.18. The molecule has 0 saturated heterocycles. The van der Waals surface area contributed by atoms with Crippen molar-refractivity contribution in [2.45, 2.75) is 45.2 Å². The first kappa shape index (κ1) is 12.6. The van der Waals surface area contributed by atoms with E-state index in [1.54, 1.807) is 0 Å². The Bertz CT molecular complexity index is 371. The SMILES string of the molecule is CCN(CC)C1CC(C)c2ccccc2C1N. The van der Waals surface area contributed by atoms with E-state index >= 15 is 0 Å². The van der Waals surface area contributed by atoms with Crippen molar-refractivity contribution < 1.29 is 0 Å². The molecule has 0 saturated carbocycles. The Balaban J connectivity index is 2.32. The summed E-state index contributed by atoms with van der Waals surface area (Å²) in [7, 11) is 0. The summed E-state index contributed by atoms with van der Waals surface area (Å²) in [6, 6.07) is 9.33. The maximum Gasteiger partial charge on any atom is 0.0456 e. The van der Waals surface area contributed by atoms with Crippen LogP contribution in [0.3, 0.4) is 0 Å². The molecule has 0 aliphatic heterocycles. The summed E-state index contributed by atoms with van der Waals surface area (Å²) in [5.41, 5.74) is 9.26. The number of fused-ring (bicyclic) bond motifs is 1. The highest BCUT2D eigenvalue weighted by atomic mass is 15.2. The van der Waals surface area contributed by atoms with Crippen molar-refractivity contribution >= 4 is 0 Å². The number of likely N-dealkylation sites (N-methyl/N-ethyl adjacent to an activating group) is 1. The molecule has 1 aromatic carbocycles. The molecule has 2 nitrogen and oxygen atoms in total. The van der Waals surface area contributed by atoms with E-state index in [9.17, 15) is 0 Å². The lowest BCUT2D eigenvalue weighted by Gasteiger charge is -2.41. The number of hydrogen-bond donors (Lipinski definition) is 1. The molecular weight excluding hydrogens is 208 g/mol. The highest BCUT2D eigenvalue weighted by Crippen LogP contribution is 2.38. The van der Waals surface area contributed by atoms with E-state index in [1.807, 2.05) is 0 Å². The minimum Gasteiger partial charge on any atom is -0.323 e. The Morgan fingerprint density at radius 1 is 1.18 bits per heavy atom. The van der Waals surface area contributed by atoms with Crippen LogP contribution >= 0.6 is 0 Å². The minimum absolute atomic E-state index is 0.169. The summed E-state index contributed by atoms with van der Waals surface area (Å²) in [6.45, 7) is 8.94. The molecule has 0 bridgehead atoms. The van der Waals surface area contributed by atoms with Crippen LogP contribution in [0.4, 0.5) is 0 Å². The summed E-state index contributed by atoms with van der Waals surface area (Å²) in [5.74, 6) is 0.622. The van der Waals surface area contributed by atoms with Gasteiger partial charge in [-0.15, -0.1) is 0 Å². The molecule has 1 aromatic rings. The number of rotatable bonds is 3. The van der Waals surface area contributed by atoms with Crippen LogP contribution in [0.15, 0.2) is 24.3 Å². The van der Waals surface area contributed by atoms with E-state index < -0.39 is 0 Å². The highest BCUT2D eigenvalue weighted by molar-refractivity contribution is 5.36. The molecule has 17 heavy (non-hydrogen) atoms. The third-order valence-electron chi connectivity index (χ3n) is 4.18. The van der Waals surface area contributed by atoms with Gasteiger partial charge in [-0.1, -0.05) is 45.0 Å². The third-order valence-corrected chi connectivity index (χ3v) is 4.18. The molecule has 2 rings (SSSR count). The molecule has 0 spiro atoms. The molecule has 0 radical (unpaired) electrons. The van der Waals surface area contributed by atoms with Crippen molar-refractivity contribution in [2.24, 2.45) is 5.73 Å². The van der Waals surface area contributed by atoms with Crippen molar-refractivity contribution in [3.8, 4) is 0 Å². The van der Waals surface area contributed by atoms with Crippen molar-refractivity contribution in [3.05, 3.63) is 35.4 Å². The Kier molecular flexibility index (Phi) is 3.85. The Hall–Kier alpha value is -0.860. The molecule has 2 N–H and O–H groups in total. The Labute approximate surface area is 105 Å². The smallest absolute Gasteiger partial charge is 0.0456 e. The van der Waals surface area contributed by atoms with Gasteiger partial charge >= 0.3 is 0 Å². The zero-order valence-corrected chi connectivity index (χ0v) is 11.2. The fourth-order valence-electron chi connectivity index (χ4n) is 3.18. The first-order valence-corrected chi connectivity index (χ1v) is 6.77. The molecular formula is C15H24N2. The quantitative estimate of drug-likeness (QED) is 0.868. The van der Waals surface area contributed by atoms with Gasteiger partial charge in [0.2, 0.25) is 0 Å².